The van der Waals surface area contributed by atoms with Gasteiger partial charge in [0.05, 0.1) is 31.6 Å². The topological polar surface area (TPSA) is 79.0 Å². The summed E-state index contributed by atoms with van der Waals surface area (Å²) in [5, 5.41) is 11.4. The lowest BCUT2D eigenvalue weighted by molar-refractivity contribution is 0.139. The van der Waals surface area contributed by atoms with Crippen molar-refractivity contribution in [1.29, 1.82) is 0 Å². The van der Waals surface area contributed by atoms with Gasteiger partial charge >= 0.3 is 0 Å². The Bertz CT molecular complexity index is 866. The molecule has 0 saturated carbocycles. The van der Waals surface area contributed by atoms with Crippen molar-refractivity contribution in [3.63, 3.8) is 0 Å². The predicted octanol–water partition coefficient (Wildman–Crippen LogP) is 1.08. The molecule has 1 saturated heterocycles. The molecule has 9 heteroatoms. The van der Waals surface area contributed by atoms with Gasteiger partial charge in [0.2, 0.25) is 0 Å². The van der Waals surface area contributed by atoms with Gasteiger partial charge in [0, 0.05) is 13.6 Å². The number of hydrogen-bond donors (Lipinski definition) is 1. The molecule has 1 aliphatic rings. The van der Waals surface area contributed by atoms with Gasteiger partial charge in [-0.15, -0.1) is 0 Å². The van der Waals surface area contributed by atoms with E-state index in [-0.39, 0.29) is 18.0 Å². The smallest absolute Gasteiger partial charge is 0.157 e. The molecule has 0 aliphatic carbocycles. The molecule has 1 aromatic carbocycles. The van der Waals surface area contributed by atoms with Crippen molar-refractivity contribution in [2.75, 3.05) is 13.2 Å². The molecule has 1 fully saturated rings. The highest BCUT2D eigenvalue weighted by Gasteiger charge is 2.30. The van der Waals surface area contributed by atoms with Crippen LogP contribution in [-0.4, -0.2) is 49.9 Å². The number of nitrogens with one attached hydrogen (secondary N) is 1. The van der Waals surface area contributed by atoms with Crippen LogP contribution < -0.4 is 10.1 Å². The van der Waals surface area contributed by atoms with Gasteiger partial charge < -0.3 is 14.8 Å². The summed E-state index contributed by atoms with van der Waals surface area (Å²) >= 11 is 0. The molecule has 2 atom stereocenters. The Kier molecular flexibility index (Phi) is 4.63. The summed E-state index contributed by atoms with van der Waals surface area (Å²) in [5.41, 5.74) is 1.20. The summed E-state index contributed by atoms with van der Waals surface area (Å²) in [6.45, 7) is 1.56. The van der Waals surface area contributed by atoms with Gasteiger partial charge in [-0.1, -0.05) is 6.07 Å². The van der Waals surface area contributed by atoms with Crippen LogP contribution >= 0.6 is 0 Å². The van der Waals surface area contributed by atoms with Crippen molar-refractivity contribution in [1.82, 2.24) is 29.9 Å². The van der Waals surface area contributed by atoms with E-state index in [0.717, 1.165) is 5.56 Å². The highest BCUT2D eigenvalue weighted by atomic mass is 19.1. The number of aromatic nitrogens is 5. The zero-order valence-corrected chi connectivity index (χ0v) is 14.2. The monoisotopic (exact) mass is 358 g/mol. The molecule has 3 heterocycles. The third-order valence-electron chi connectivity index (χ3n) is 4.24. The van der Waals surface area contributed by atoms with Gasteiger partial charge in [0.15, 0.2) is 5.75 Å². The van der Waals surface area contributed by atoms with Crippen molar-refractivity contribution in [3.8, 4) is 11.4 Å². The Morgan fingerprint density at radius 2 is 2.27 bits per heavy atom. The van der Waals surface area contributed by atoms with Crippen LogP contribution in [0.25, 0.3) is 5.69 Å². The maximum atomic E-state index is 14.3. The summed E-state index contributed by atoms with van der Waals surface area (Å²) < 4.78 is 28.8. The van der Waals surface area contributed by atoms with Crippen molar-refractivity contribution >= 4 is 0 Å². The van der Waals surface area contributed by atoms with Crippen LogP contribution in [0.3, 0.4) is 0 Å². The van der Waals surface area contributed by atoms with Gasteiger partial charge in [-0.05, 0) is 17.7 Å². The third kappa shape index (κ3) is 3.58. The number of rotatable bonds is 6. The van der Waals surface area contributed by atoms with E-state index in [1.54, 1.807) is 16.9 Å². The summed E-state index contributed by atoms with van der Waals surface area (Å²) in [5.74, 6) is 0.360. The fraction of sp³-hybridized carbons (Fsp3) is 0.353. The average molecular weight is 358 g/mol. The molecule has 1 aliphatic heterocycles. The fourth-order valence-corrected chi connectivity index (χ4v) is 2.90. The molecule has 0 radical (unpaired) electrons. The summed E-state index contributed by atoms with van der Waals surface area (Å²) in [6, 6.07) is 5.07. The van der Waals surface area contributed by atoms with E-state index >= 15 is 0 Å². The Morgan fingerprint density at radius 3 is 3.00 bits per heavy atom. The second-order valence-corrected chi connectivity index (χ2v) is 6.16. The van der Waals surface area contributed by atoms with Gasteiger partial charge in [-0.2, -0.15) is 10.2 Å². The minimum atomic E-state index is -0.347. The second-order valence-electron chi connectivity index (χ2n) is 6.16. The van der Waals surface area contributed by atoms with Crippen LogP contribution in [0.4, 0.5) is 4.39 Å². The molecular weight excluding hydrogens is 339 g/mol. The minimum absolute atomic E-state index is 0.0215. The van der Waals surface area contributed by atoms with Crippen molar-refractivity contribution in [3.05, 3.63) is 54.6 Å². The molecule has 0 unspecified atom stereocenters. The molecule has 8 nitrogen and oxygen atoms in total. The van der Waals surface area contributed by atoms with E-state index in [1.165, 1.54) is 23.4 Å². The fourth-order valence-electron chi connectivity index (χ4n) is 2.90. The highest BCUT2D eigenvalue weighted by Crippen LogP contribution is 2.18. The first-order valence-corrected chi connectivity index (χ1v) is 8.29. The molecular formula is C17H19FN6O2. The first-order chi connectivity index (χ1) is 12.7. The SMILES string of the molecule is Cn1cc(O[C@@H]2COC[C@@H]2NCc2ccc(-n3cncn3)c(F)c2)cn1. The molecule has 0 bridgehead atoms. The largest absolute Gasteiger partial charge is 0.483 e. The normalized spacial score (nSPS) is 19.8. The molecule has 2 aromatic heterocycles. The maximum Gasteiger partial charge on any atom is 0.157 e. The Balaban J connectivity index is 1.38. The lowest BCUT2D eigenvalue weighted by atomic mass is 10.1. The van der Waals surface area contributed by atoms with Crippen LogP contribution in [-0.2, 0) is 18.3 Å². The Labute approximate surface area is 149 Å². The maximum absolute atomic E-state index is 14.3. The van der Waals surface area contributed by atoms with Crippen LogP contribution in [0.15, 0.2) is 43.2 Å². The highest BCUT2D eigenvalue weighted by molar-refractivity contribution is 5.35. The van der Waals surface area contributed by atoms with Gasteiger partial charge in [-0.25, -0.2) is 14.1 Å². The third-order valence-corrected chi connectivity index (χ3v) is 4.24. The van der Waals surface area contributed by atoms with E-state index < -0.39 is 0 Å². The minimum Gasteiger partial charge on any atom is -0.483 e. The first-order valence-electron chi connectivity index (χ1n) is 8.29. The van der Waals surface area contributed by atoms with E-state index in [9.17, 15) is 4.39 Å². The van der Waals surface area contributed by atoms with Gasteiger partial charge in [-0.3, -0.25) is 4.68 Å². The Hall–Kier alpha value is -2.78. The summed E-state index contributed by atoms with van der Waals surface area (Å²) in [4.78, 5) is 3.83. The van der Waals surface area contributed by atoms with Gasteiger partial charge in [0.1, 0.15) is 30.3 Å². The zero-order chi connectivity index (χ0) is 17.9. The molecule has 1 N–H and O–H groups in total. The van der Waals surface area contributed by atoms with Gasteiger partial charge in [0.25, 0.3) is 0 Å². The molecule has 0 amide bonds. The number of ether oxygens (including phenoxy) is 2. The number of hydrogen-bond acceptors (Lipinski definition) is 6. The first kappa shape index (κ1) is 16.7. The van der Waals surface area contributed by atoms with Crippen molar-refractivity contribution in [2.24, 2.45) is 7.05 Å². The van der Waals surface area contributed by atoms with E-state index in [1.807, 2.05) is 19.3 Å². The number of aryl methyl sites for hydroxylation is 1. The number of benzene rings is 1. The molecule has 4 rings (SSSR count). The second kappa shape index (κ2) is 7.22. The lowest BCUT2D eigenvalue weighted by Crippen LogP contribution is -2.41. The summed E-state index contributed by atoms with van der Waals surface area (Å²) in [7, 11) is 1.84. The Morgan fingerprint density at radius 1 is 1.35 bits per heavy atom. The number of nitrogens with zero attached hydrogens (tertiary/aromatic N) is 5. The van der Waals surface area contributed by atoms with Crippen LogP contribution in [0, 0.1) is 5.82 Å². The predicted molar refractivity (Wildman–Crippen MR) is 90.4 cm³/mol. The summed E-state index contributed by atoms with van der Waals surface area (Å²) in [6.07, 6.45) is 6.21. The van der Waals surface area contributed by atoms with E-state index in [4.69, 9.17) is 9.47 Å². The van der Waals surface area contributed by atoms with Crippen LogP contribution in [0.2, 0.25) is 0 Å². The van der Waals surface area contributed by atoms with E-state index in [0.29, 0.717) is 31.2 Å². The standard InChI is InChI=1S/C17H19FN6O2/c1-23-7-13(6-21-23)26-17-9-25-8-15(17)20-5-12-2-3-16(14(18)4-12)24-11-19-10-22-24/h2-4,6-7,10-11,15,17,20H,5,8-9H2,1H3/t15-,17+/m0/s1. The number of halogens is 1. The molecule has 0 spiro atoms. The lowest BCUT2D eigenvalue weighted by Gasteiger charge is -2.20. The van der Waals surface area contributed by atoms with E-state index in [2.05, 4.69) is 20.5 Å². The zero-order valence-electron chi connectivity index (χ0n) is 14.2. The van der Waals surface area contributed by atoms with Crippen LogP contribution in [0.1, 0.15) is 5.56 Å². The quantitative estimate of drug-likeness (QED) is 0.710. The average Bonchev–Trinajstić information content (AvgIpc) is 3.36. The van der Waals surface area contributed by atoms with Crippen LogP contribution in [0.5, 0.6) is 5.75 Å². The molecule has 3 aromatic rings. The van der Waals surface area contributed by atoms with Crippen molar-refractivity contribution in [2.45, 2.75) is 18.7 Å². The van der Waals surface area contributed by atoms with Crippen molar-refractivity contribution < 1.29 is 13.9 Å². The molecule has 26 heavy (non-hydrogen) atoms. The molecule has 136 valence electrons.